The minimum absolute atomic E-state index is 0.000624. The third kappa shape index (κ3) is 9.76. The van der Waals surface area contributed by atoms with Gasteiger partial charge in [-0.25, -0.2) is 18.7 Å². The molecule has 3 aliphatic rings. The normalized spacial score (nSPS) is 32.3. The molecule has 3 heterocycles. The SMILES string of the molecule is C[C@H]1CN(P(=O)(OC[C@@H]2CN(P(=O)(OC[C@@H]3CNC[C@H](O)O3)N(C)C)CCO2)N(C)C)C[C@@H](CO[P+](=O)N(C)C)O1. The summed E-state index contributed by atoms with van der Waals surface area (Å²) in [4.78, 5) is 0. The lowest BCUT2D eigenvalue weighted by atomic mass is 10.2. The number of hydrogen-bond donors (Lipinski definition) is 2. The Balaban J connectivity index is 1.62. The topological polar surface area (TPSA) is 155 Å². The number of rotatable bonds is 14. The van der Waals surface area contributed by atoms with E-state index in [2.05, 4.69) is 5.32 Å². The Labute approximate surface area is 244 Å². The van der Waals surface area contributed by atoms with Crippen LogP contribution in [0.2, 0.25) is 0 Å². The van der Waals surface area contributed by atoms with Crippen molar-refractivity contribution in [2.45, 2.75) is 37.6 Å². The fourth-order valence-electron chi connectivity index (χ4n) is 4.66. The Morgan fingerprint density at radius 2 is 1.49 bits per heavy atom. The highest BCUT2D eigenvalue weighted by molar-refractivity contribution is 7.54. The molecule has 3 unspecified atom stereocenters. The van der Waals surface area contributed by atoms with Crippen molar-refractivity contribution >= 4 is 23.5 Å². The van der Waals surface area contributed by atoms with Gasteiger partial charge < -0.3 is 33.7 Å². The van der Waals surface area contributed by atoms with E-state index in [0.717, 1.165) is 0 Å². The van der Waals surface area contributed by atoms with E-state index in [1.807, 2.05) is 6.92 Å². The number of aliphatic hydroxyl groups is 1. The minimum Gasteiger partial charge on any atom is -0.373 e. The van der Waals surface area contributed by atoms with E-state index in [1.165, 1.54) is 4.67 Å². The average molecular weight is 650 g/mol. The summed E-state index contributed by atoms with van der Waals surface area (Å²) in [5.41, 5.74) is 0. The number of hydrogen-bond acceptors (Lipinski definition) is 11. The van der Waals surface area contributed by atoms with Crippen LogP contribution in [0.15, 0.2) is 0 Å². The predicted octanol–water partition coefficient (Wildman–Crippen LogP) is 0.692. The quantitative estimate of drug-likeness (QED) is 0.253. The molecule has 16 nitrogen and oxygen atoms in total. The summed E-state index contributed by atoms with van der Waals surface area (Å²) >= 11 is 0. The van der Waals surface area contributed by atoms with E-state index in [4.69, 9.17) is 27.8 Å². The number of nitrogens with zero attached hydrogens (tertiary/aromatic N) is 5. The molecule has 0 spiro atoms. The molecular weight excluding hydrogens is 601 g/mol. The second-order valence-corrected chi connectivity index (χ2v) is 17.6. The second kappa shape index (κ2) is 15.9. The predicted molar refractivity (Wildman–Crippen MR) is 153 cm³/mol. The van der Waals surface area contributed by atoms with Crippen LogP contribution in [0, 0.1) is 0 Å². The van der Waals surface area contributed by atoms with Crippen molar-refractivity contribution in [3.63, 3.8) is 0 Å². The van der Waals surface area contributed by atoms with Crippen LogP contribution in [-0.2, 0) is 41.5 Å². The van der Waals surface area contributed by atoms with Gasteiger partial charge in [0.05, 0.1) is 44.2 Å². The molecule has 240 valence electrons. The molecule has 2 N–H and O–H groups in total. The standard InChI is InChI=1S/C22H48N6O10P3/c1-18-12-28(14-21(37-18)15-34-39(30)24(2)3)41(32,26(6)7)36-17-20-13-27(8-9-33-20)40(31,25(4)5)35-16-19-10-23-11-22(29)38-19/h18-23,29H,8-17H2,1-7H3/q+1/t18-,19-,20-,21-,22+,40?,41?/m0/s1. The first-order valence-corrected chi connectivity index (χ1v) is 17.9. The van der Waals surface area contributed by atoms with Gasteiger partial charge in [0.2, 0.25) is 0 Å². The lowest BCUT2D eigenvalue weighted by Crippen LogP contribution is -2.49. The van der Waals surface area contributed by atoms with Crippen LogP contribution in [0.4, 0.5) is 0 Å². The van der Waals surface area contributed by atoms with Crippen LogP contribution < -0.4 is 5.32 Å². The van der Waals surface area contributed by atoms with Gasteiger partial charge in [0, 0.05) is 53.4 Å². The van der Waals surface area contributed by atoms with Crippen molar-refractivity contribution in [1.82, 2.24) is 28.7 Å². The van der Waals surface area contributed by atoms with E-state index in [9.17, 15) is 18.8 Å². The summed E-state index contributed by atoms with van der Waals surface area (Å²) < 4.78 is 83.1. The van der Waals surface area contributed by atoms with E-state index in [0.29, 0.717) is 32.8 Å². The molecule has 0 amide bonds. The van der Waals surface area contributed by atoms with Crippen LogP contribution >= 0.6 is 23.5 Å². The van der Waals surface area contributed by atoms with Crippen LogP contribution in [0.25, 0.3) is 0 Å². The van der Waals surface area contributed by atoms with E-state index < -0.39 is 48.1 Å². The Morgan fingerprint density at radius 1 is 0.878 bits per heavy atom. The molecule has 19 heteroatoms. The smallest absolute Gasteiger partial charge is 0.373 e. The molecule has 3 saturated heterocycles. The number of nitrogens with one attached hydrogen (secondary N) is 1. The number of aliphatic hydroxyl groups excluding tert-OH is 1. The van der Waals surface area contributed by atoms with Gasteiger partial charge in [0.25, 0.3) is 0 Å². The molecule has 0 saturated carbocycles. The summed E-state index contributed by atoms with van der Waals surface area (Å²) in [6, 6.07) is 0. The van der Waals surface area contributed by atoms with Crippen molar-refractivity contribution in [1.29, 1.82) is 0 Å². The van der Waals surface area contributed by atoms with Gasteiger partial charge in [-0.3, -0.25) is 9.13 Å². The maximum Gasteiger partial charge on any atom is 0.615 e. The van der Waals surface area contributed by atoms with Gasteiger partial charge in [0.15, 0.2) is 6.29 Å². The van der Waals surface area contributed by atoms with Crippen molar-refractivity contribution in [2.24, 2.45) is 0 Å². The second-order valence-electron chi connectivity index (χ2n) is 10.9. The molecule has 0 aromatic heterocycles. The fourth-order valence-corrected chi connectivity index (χ4v) is 9.25. The molecule has 41 heavy (non-hydrogen) atoms. The average Bonchev–Trinajstić information content (AvgIpc) is 2.92. The van der Waals surface area contributed by atoms with Crippen molar-refractivity contribution in [3.05, 3.63) is 0 Å². The number of ether oxygens (including phenoxy) is 3. The van der Waals surface area contributed by atoms with E-state index >= 15 is 0 Å². The Kier molecular flexibility index (Phi) is 13.7. The van der Waals surface area contributed by atoms with Crippen LogP contribution in [0.5, 0.6) is 0 Å². The largest absolute Gasteiger partial charge is 0.615 e. The summed E-state index contributed by atoms with van der Waals surface area (Å²) in [5.74, 6) is 0. The number of morpholine rings is 3. The summed E-state index contributed by atoms with van der Waals surface area (Å²) in [6.45, 7) is 4.36. The Morgan fingerprint density at radius 3 is 2.10 bits per heavy atom. The zero-order valence-electron chi connectivity index (χ0n) is 25.2. The maximum atomic E-state index is 14.2. The van der Waals surface area contributed by atoms with Crippen molar-refractivity contribution in [2.75, 3.05) is 108 Å². The molecule has 0 aromatic carbocycles. The molecular formula is C22H48N6O10P3+. The van der Waals surface area contributed by atoms with Crippen LogP contribution in [0.3, 0.4) is 0 Å². The lowest BCUT2D eigenvalue weighted by molar-refractivity contribution is -0.160. The lowest BCUT2D eigenvalue weighted by Gasteiger charge is -2.43. The molecule has 8 atom stereocenters. The highest BCUT2D eigenvalue weighted by atomic mass is 31.2. The zero-order chi connectivity index (χ0) is 30.4. The molecule has 0 radical (unpaired) electrons. The Hall–Kier alpha value is 0.0400. The van der Waals surface area contributed by atoms with E-state index in [-0.39, 0.29) is 39.0 Å². The minimum atomic E-state index is -3.50. The molecule has 3 fully saturated rings. The van der Waals surface area contributed by atoms with Gasteiger partial charge in [-0.15, -0.1) is 4.52 Å². The molecule has 0 aromatic rings. The van der Waals surface area contributed by atoms with Gasteiger partial charge in [-0.05, 0) is 39.7 Å². The maximum absolute atomic E-state index is 14.2. The first-order valence-electron chi connectivity index (χ1n) is 13.7. The third-order valence-corrected chi connectivity index (χ3v) is 12.9. The molecule has 3 rings (SSSR count). The summed E-state index contributed by atoms with van der Waals surface area (Å²) in [5, 5.41) is 12.8. The monoisotopic (exact) mass is 649 g/mol. The first-order chi connectivity index (χ1) is 19.2. The first kappa shape index (κ1) is 35.5. The molecule has 0 aliphatic carbocycles. The van der Waals surface area contributed by atoms with Crippen molar-refractivity contribution in [3.8, 4) is 0 Å². The molecule has 3 aliphatic heterocycles. The fraction of sp³-hybridized carbons (Fsp3) is 1.00. The summed E-state index contributed by atoms with van der Waals surface area (Å²) in [6.07, 6.45) is -2.58. The summed E-state index contributed by atoms with van der Waals surface area (Å²) in [7, 11) is 1.15. The van der Waals surface area contributed by atoms with E-state index in [1.54, 1.807) is 61.0 Å². The van der Waals surface area contributed by atoms with Gasteiger partial charge in [0.1, 0.15) is 6.61 Å². The van der Waals surface area contributed by atoms with Crippen molar-refractivity contribution < 1.29 is 46.6 Å². The molecule has 0 bridgehead atoms. The van der Waals surface area contributed by atoms with Crippen LogP contribution in [-0.4, -0.2) is 167 Å². The van der Waals surface area contributed by atoms with Gasteiger partial charge in [-0.1, -0.05) is 4.67 Å². The zero-order valence-corrected chi connectivity index (χ0v) is 27.8. The van der Waals surface area contributed by atoms with Crippen LogP contribution in [0.1, 0.15) is 6.92 Å². The highest BCUT2D eigenvalue weighted by Crippen LogP contribution is 2.55. The van der Waals surface area contributed by atoms with Gasteiger partial charge in [-0.2, -0.15) is 0 Å². The third-order valence-electron chi connectivity index (χ3n) is 6.75. The number of β-amino-alcohol motifs (C(OH)–C–C–N with tert-alkyl or cyclic N) is 1. The Bertz CT molecular complexity index is 950. The van der Waals surface area contributed by atoms with Gasteiger partial charge >= 0.3 is 23.5 Å². The highest BCUT2D eigenvalue weighted by Gasteiger charge is 2.44.